The number of aliphatic imine (C=N–C) groups is 1. The average molecular weight is 336 g/mol. The molecule has 0 aliphatic carbocycles. The lowest BCUT2D eigenvalue weighted by molar-refractivity contribution is -0.151. The van der Waals surface area contributed by atoms with Crippen molar-refractivity contribution in [3.05, 3.63) is 0 Å². The molecule has 1 amide bonds. The van der Waals surface area contributed by atoms with Crippen LogP contribution in [0.5, 0.6) is 0 Å². The molecule has 0 aliphatic heterocycles. The summed E-state index contributed by atoms with van der Waals surface area (Å²) >= 11 is 0. The molecule has 0 unspecified atom stereocenters. The van der Waals surface area contributed by atoms with Gasteiger partial charge in [-0.1, -0.05) is 0 Å². The van der Waals surface area contributed by atoms with Gasteiger partial charge in [0.25, 0.3) is 5.91 Å². The van der Waals surface area contributed by atoms with Crippen molar-refractivity contribution in [2.75, 3.05) is 6.54 Å². The second-order valence-corrected chi connectivity index (χ2v) is 5.01. The van der Waals surface area contributed by atoms with E-state index in [2.05, 4.69) is 4.99 Å². The van der Waals surface area contributed by atoms with E-state index in [4.69, 9.17) is 21.7 Å². The fourth-order valence-electron chi connectivity index (χ4n) is 1.65. The van der Waals surface area contributed by atoms with E-state index < -0.39 is 42.3 Å². The largest absolute Gasteiger partial charge is 0.480 e. The third kappa shape index (κ3) is 7.74. The number of nitrogens with one attached hydrogen (secondary N) is 1. The zero-order valence-electron chi connectivity index (χ0n) is 12.7. The maximum absolute atomic E-state index is 11.7. The molecule has 10 N–H and O–H groups in total. The van der Waals surface area contributed by atoms with Gasteiger partial charge in [-0.15, -0.1) is 0 Å². The number of hydrogen-bond acceptors (Lipinski definition) is 7. The topological polar surface area (TPSA) is 212 Å². The number of carbonyl (C=O) groups is 2. The van der Waals surface area contributed by atoms with Gasteiger partial charge in [0.1, 0.15) is 18.2 Å². The third-order valence-corrected chi connectivity index (χ3v) is 3.00. The number of aliphatic hydroxyl groups is 4. The van der Waals surface area contributed by atoms with Crippen LogP contribution < -0.4 is 16.8 Å². The number of carbonyl (C=O) groups excluding carboxylic acids is 1. The highest BCUT2D eigenvalue weighted by atomic mass is 16.4. The van der Waals surface area contributed by atoms with Gasteiger partial charge in [-0.3, -0.25) is 9.79 Å². The molecular weight excluding hydrogens is 312 g/mol. The lowest BCUT2D eigenvalue weighted by Gasteiger charge is -2.25. The van der Waals surface area contributed by atoms with Crippen molar-refractivity contribution in [1.82, 2.24) is 5.32 Å². The van der Waals surface area contributed by atoms with Gasteiger partial charge in [-0.25, -0.2) is 4.79 Å². The van der Waals surface area contributed by atoms with Crippen molar-refractivity contribution in [3.8, 4) is 0 Å². The van der Waals surface area contributed by atoms with Gasteiger partial charge < -0.3 is 42.3 Å². The van der Waals surface area contributed by atoms with Gasteiger partial charge in [0.05, 0.1) is 6.10 Å². The van der Waals surface area contributed by atoms with Gasteiger partial charge in [0, 0.05) is 6.54 Å². The summed E-state index contributed by atoms with van der Waals surface area (Å²) < 4.78 is 0. The van der Waals surface area contributed by atoms with Crippen molar-refractivity contribution < 1.29 is 35.1 Å². The number of carboxylic acid groups (broad SMARTS) is 1. The lowest BCUT2D eigenvalue weighted by atomic mass is 10.0. The van der Waals surface area contributed by atoms with E-state index in [-0.39, 0.29) is 25.3 Å². The average Bonchev–Trinajstić information content (AvgIpc) is 2.46. The van der Waals surface area contributed by atoms with E-state index >= 15 is 0 Å². The highest BCUT2D eigenvalue weighted by Gasteiger charge is 2.34. The van der Waals surface area contributed by atoms with E-state index in [1.165, 1.54) is 0 Å². The van der Waals surface area contributed by atoms with Crippen LogP contribution in [0.15, 0.2) is 4.99 Å². The number of carboxylic acids is 1. The first-order chi connectivity index (χ1) is 10.6. The maximum atomic E-state index is 11.7. The van der Waals surface area contributed by atoms with Crippen LogP contribution in [0.1, 0.15) is 19.8 Å². The van der Waals surface area contributed by atoms with Crippen molar-refractivity contribution in [2.45, 2.75) is 50.2 Å². The van der Waals surface area contributed by atoms with Crippen LogP contribution in [0.25, 0.3) is 0 Å². The van der Waals surface area contributed by atoms with E-state index in [1.807, 2.05) is 5.32 Å². The highest BCUT2D eigenvalue weighted by Crippen LogP contribution is 2.06. The van der Waals surface area contributed by atoms with Gasteiger partial charge in [-0.2, -0.15) is 0 Å². The molecule has 0 aromatic heterocycles. The predicted molar refractivity (Wildman–Crippen MR) is 79.2 cm³/mol. The number of aliphatic hydroxyl groups excluding tert-OH is 4. The molecule has 0 aromatic rings. The number of aliphatic carboxylic acids is 1. The van der Waals surface area contributed by atoms with E-state index in [1.54, 1.807) is 0 Å². The Morgan fingerprint density at radius 3 is 2.13 bits per heavy atom. The number of hydrogen-bond donors (Lipinski definition) is 8. The van der Waals surface area contributed by atoms with Crippen LogP contribution in [0.4, 0.5) is 0 Å². The monoisotopic (exact) mass is 336 g/mol. The summed E-state index contributed by atoms with van der Waals surface area (Å²) in [6, 6.07) is -1.33. The summed E-state index contributed by atoms with van der Waals surface area (Å²) in [6.07, 6.45) is -6.97. The van der Waals surface area contributed by atoms with Crippen molar-refractivity contribution >= 4 is 17.8 Å². The molecule has 0 aromatic carbocycles. The van der Waals surface area contributed by atoms with Gasteiger partial charge in [0.15, 0.2) is 12.1 Å². The Morgan fingerprint density at radius 1 is 1.13 bits per heavy atom. The molecule has 11 heteroatoms. The molecule has 0 fully saturated rings. The molecule has 0 saturated heterocycles. The van der Waals surface area contributed by atoms with Crippen LogP contribution in [-0.4, -0.2) is 80.4 Å². The Labute approximate surface area is 132 Å². The molecule has 0 bridgehead atoms. The minimum Gasteiger partial charge on any atom is -0.480 e. The summed E-state index contributed by atoms with van der Waals surface area (Å²) in [6.45, 7) is 1.32. The van der Waals surface area contributed by atoms with Crippen LogP contribution >= 0.6 is 0 Å². The van der Waals surface area contributed by atoms with Gasteiger partial charge >= 0.3 is 5.97 Å². The number of amides is 1. The molecule has 5 atom stereocenters. The Balaban J connectivity index is 4.60. The number of guanidine groups is 1. The number of rotatable bonds is 10. The SMILES string of the molecule is C[C@H](O)[C@H](O)[C@@H](O)[C@@H](O)C(=O)N[C@@H](CCCN=C(N)N)C(=O)O. The normalized spacial score (nSPS) is 17.4. The summed E-state index contributed by atoms with van der Waals surface area (Å²) in [4.78, 5) is 26.4. The third-order valence-electron chi connectivity index (χ3n) is 3.00. The minimum absolute atomic E-state index is 0.0143. The summed E-state index contributed by atoms with van der Waals surface area (Å²) in [7, 11) is 0. The zero-order chi connectivity index (χ0) is 18.2. The molecule has 0 saturated carbocycles. The first-order valence-corrected chi connectivity index (χ1v) is 6.88. The van der Waals surface area contributed by atoms with E-state index in [0.29, 0.717) is 0 Å². The molecule has 0 aliphatic rings. The van der Waals surface area contributed by atoms with Gasteiger partial charge in [0.2, 0.25) is 0 Å². The second-order valence-electron chi connectivity index (χ2n) is 5.01. The van der Waals surface area contributed by atoms with Crippen LogP contribution in [-0.2, 0) is 9.59 Å². The van der Waals surface area contributed by atoms with Crippen molar-refractivity contribution in [2.24, 2.45) is 16.5 Å². The minimum atomic E-state index is -2.10. The van der Waals surface area contributed by atoms with Crippen LogP contribution in [0, 0.1) is 0 Å². The van der Waals surface area contributed by atoms with Crippen molar-refractivity contribution in [1.29, 1.82) is 0 Å². The predicted octanol–water partition coefficient (Wildman–Crippen LogP) is -3.93. The molecule has 23 heavy (non-hydrogen) atoms. The molecule has 11 nitrogen and oxygen atoms in total. The molecular formula is C12H24N4O7. The van der Waals surface area contributed by atoms with Gasteiger partial charge in [-0.05, 0) is 19.8 Å². The standard InChI is InChI=1S/C12H24N4O7/c1-5(17)7(18)8(19)9(20)10(21)16-6(11(22)23)3-2-4-15-12(13)14/h5-9,17-20H,2-4H2,1H3,(H,16,21)(H,22,23)(H4,13,14,15)/t5-,6-,7-,8+,9+/m0/s1. The number of nitrogens with two attached hydrogens (primary N) is 2. The Morgan fingerprint density at radius 2 is 1.70 bits per heavy atom. The Bertz CT molecular complexity index is 426. The summed E-state index contributed by atoms with van der Waals surface area (Å²) in [5, 5.41) is 48.7. The quantitative estimate of drug-likeness (QED) is 0.111. The first-order valence-electron chi connectivity index (χ1n) is 6.88. The summed E-state index contributed by atoms with van der Waals surface area (Å²) in [5.74, 6) is -2.68. The Hall–Kier alpha value is -1.95. The van der Waals surface area contributed by atoms with Crippen LogP contribution in [0.3, 0.4) is 0 Å². The van der Waals surface area contributed by atoms with E-state index in [9.17, 15) is 24.9 Å². The first kappa shape index (κ1) is 21.0. The lowest BCUT2D eigenvalue weighted by Crippen LogP contribution is -2.53. The zero-order valence-corrected chi connectivity index (χ0v) is 12.7. The highest BCUT2D eigenvalue weighted by molar-refractivity contribution is 5.86. The fraction of sp³-hybridized carbons (Fsp3) is 0.750. The molecule has 134 valence electrons. The smallest absolute Gasteiger partial charge is 0.326 e. The maximum Gasteiger partial charge on any atom is 0.326 e. The molecule has 0 radical (unpaired) electrons. The Kier molecular flexibility index (Phi) is 9.10. The number of nitrogens with zero attached hydrogens (tertiary/aromatic N) is 1. The second kappa shape index (κ2) is 9.94. The molecule has 0 heterocycles. The molecule has 0 rings (SSSR count). The summed E-state index contributed by atoms with van der Waals surface area (Å²) in [5.41, 5.74) is 10.2. The fourth-order valence-corrected chi connectivity index (χ4v) is 1.65. The van der Waals surface area contributed by atoms with Crippen molar-refractivity contribution in [3.63, 3.8) is 0 Å². The van der Waals surface area contributed by atoms with E-state index in [0.717, 1.165) is 6.92 Å². The molecule has 0 spiro atoms. The van der Waals surface area contributed by atoms with Crippen LogP contribution in [0.2, 0.25) is 0 Å².